The molecule has 0 spiro atoms. The number of carbonyl (C=O) groups is 3. The first kappa shape index (κ1) is 21.3. The molecule has 2 aromatic carbocycles. The summed E-state index contributed by atoms with van der Waals surface area (Å²) in [6.45, 7) is 5.31. The lowest BCUT2D eigenvalue weighted by Gasteiger charge is -2.33. The van der Waals surface area contributed by atoms with Gasteiger partial charge in [0.15, 0.2) is 0 Å². The van der Waals surface area contributed by atoms with Crippen molar-refractivity contribution in [2.45, 2.75) is 33.2 Å². The van der Waals surface area contributed by atoms with Crippen LogP contribution in [0.15, 0.2) is 48.7 Å². The number of fused-ring (bicyclic) bond motifs is 1. The highest BCUT2D eigenvalue weighted by Gasteiger charge is 2.29. The van der Waals surface area contributed by atoms with Gasteiger partial charge < -0.3 is 15.1 Å². The number of amides is 3. The van der Waals surface area contributed by atoms with Crippen molar-refractivity contribution < 1.29 is 14.4 Å². The Labute approximate surface area is 177 Å². The van der Waals surface area contributed by atoms with Gasteiger partial charge in [-0.15, -0.1) is 0 Å². The Bertz CT molecular complexity index is 1010. The second-order valence-corrected chi connectivity index (χ2v) is 7.71. The van der Waals surface area contributed by atoms with Gasteiger partial charge in [-0.3, -0.25) is 14.4 Å². The van der Waals surface area contributed by atoms with Crippen molar-refractivity contribution in [1.82, 2.24) is 9.80 Å². The lowest BCUT2D eigenvalue weighted by molar-refractivity contribution is -0.136. The fourth-order valence-corrected chi connectivity index (χ4v) is 3.60. The van der Waals surface area contributed by atoms with E-state index in [4.69, 9.17) is 0 Å². The third kappa shape index (κ3) is 4.76. The summed E-state index contributed by atoms with van der Waals surface area (Å²) in [5.74, 6) is -0.590. The average Bonchev–Trinajstić information content (AvgIpc) is 2.70. The van der Waals surface area contributed by atoms with E-state index in [1.807, 2.05) is 62.4 Å². The van der Waals surface area contributed by atoms with Crippen LogP contribution >= 0.6 is 0 Å². The lowest BCUT2D eigenvalue weighted by Crippen LogP contribution is -2.39. The molecule has 1 atom stereocenters. The van der Waals surface area contributed by atoms with E-state index in [1.54, 1.807) is 18.1 Å². The van der Waals surface area contributed by atoms with E-state index in [9.17, 15) is 14.4 Å². The predicted octanol–water partition coefficient (Wildman–Crippen LogP) is 3.66. The number of nitrogens with one attached hydrogen (secondary N) is 1. The number of aryl methyl sites for hydroxylation is 2. The van der Waals surface area contributed by atoms with E-state index in [0.717, 1.165) is 27.9 Å². The number of hydrogen-bond donors (Lipinski definition) is 1. The van der Waals surface area contributed by atoms with E-state index < -0.39 is 0 Å². The number of rotatable bonds is 5. The monoisotopic (exact) mass is 405 g/mol. The van der Waals surface area contributed by atoms with Gasteiger partial charge in [0.25, 0.3) is 0 Å². The van der Waals surface area contributed by atoms with E-state index in [1.165, 1.54) is 11.8 Å². The molecule has 6 nitrogen and oxygen atoms in total. The molecule has 0 fully saturated rings. The Morgan fingerprint density at radius 3 is 2.57 bits per heavy atom. The summed E-state index contributed by atoms with van der Waals surface area (Å²) in [5.41, 5.74) is 4.68. The lowest BCUT2D eigenvalue weighted by atomic mass is 9.93. The maximum absolute atomic E-state index is 12.9. The second-order valence-electron chi connectivity index (χ2n) is 7.71. The van der Waals surface area contributed by atoms with Gasteiger partial charge in [0.1, 0.15) is 0 Å². The van der Waals surface area contributed by atoms with Crippen LogP contribution in [0.2, 0.25) is 0 Å². The molecule has 1 aliphatic rings. The molecule has 0 saturated heterocycles. The van der Waals surface area contributed by atoms with Gasteiger partial charge in [-0.25, -0.2) is 0 Å². The number of hydrogen-bond acceptors (Lipinski definition) is 3. The van der Waals surface area contributed by atoms with Gasteiger partial charge >= 0.3 is 0 Å². The standard InChI is InChI=1S/C24H27N3O3/c1-16-9-10-17(2)21(13-16)25-23(29)15-26(4)24(30)14-22-20-8-6-5-7-19(20)11-12-27(22)18(3)28/h5-13,22H,14-15H2,1-4H3,(H,25,29)/t22-/m0/s1. The third-order valence-corrected chi connectivity index (χ3v) is 5.31. The number of nitrogens with zero attached hydrogens (tertiary/aromatic N) is 2. The average molecular weight is 405 g/mol. The van der Waals surface area contributed by atoms with E-state index >= 15 is 0 Å². The summed E-state index contributed by atoms with van der Waals surface area (Å²) in [5, 5.41) is 2.87. The van der Waals surface area contributed by atoms with Gasteiger partial charge in [-0.1, -0.05) is 36.4 Å². The van der Waals surface area contributed by atoms with Gasteiger partial charge in [-0.05, 0) is 48.2 Å². The van der Waals surface area contributed by atoms with Crippen LogP contribution in [0.3, 0.4) is 0 Å². The van der Waals surface area contributed by atoms with Crippen molar-refractivity contribution in [3.05, 3.63) is 70.9 Å². The molecule has 0 bridgehead atoms. The molecular formula is C24H27N3O3. The summed E-state index contributed by atoms with van der Waals surface area (Å²) in [4.78, 5) is 40.4. The molecule has 6 heteroatoms. The maximum Gasteiger partial charge on any atom is 0.243 e. The number of anilines is 1. The highest BCUT2D eigenvalue weighted by atomic mass is 16.2. The van der Waals surface area contributed by atoms with Gasteiger partial charge in [0.05, 0.1) is 19.0 Å². The van der Waals surface area contributed by atoms with E-state index in [2.05, 4.69) is 5.32 Å². The molecule has 1 heterocycles. The third-order valence-electron chi connectivity index (χ3n) is 5.31. The zero-order valence-corrected chi connectivity index (χ0v) is 17.8. The van der Waals surface area contributed by atoms with E-state index in [0.29, 0.717) is 0 Å². The first-order valence-electron chi connectivity index (χ1n) is 9.93. The van der Waals surface area contributed by atoms with Crippen molar-refractivity contribution in [1.29, 1.82) is 0 Å². The summed E-state index contributed by atoms with van der Waals surface area (Å²) in [6.07, 6.45) is 3.70. The van der Waals surface area contributed by atoms with Crippen LogP contribution in [-0.4, -0.2) is 41.1 Å². The van der Waals surface area contributed by atoms with Crippen molar-refractivity contribution in [2.24, 2.45) is 0 Å². The Hall–Kier alpha value is -3.41. The minimum absolute atomic E-state index is 0.0590. The molecule has 1 N–H and O–H groups in total. The van der Waals surface area contributed by atoms with Gasteiger partial charge in [-0.2, -0.15) is 0 Å². The number of benzene rings is 2. The van der Waals surface area contributed by atoms with Gasteiger partial charge in [0, 0.05) is 25.9 Å². The molecule has 0 unspecified atom stereocenters. The SMILES string of the molecule is CC(=O)N1C=Cc2ccccc2[C@@H]1CC(=O)N(C)CC(=O)Nc1cc(C)ccc1C. The Morgan fingerprint density at radius 1 is 1.10 bits per heavy atom. The van der Waals surface area contributed by atoms with Crippen LogP contribution in [0.5, 0.6) is 0 Å². The van der Waals surface area contributed by atoms with Crippen molar-refractivity contribution in [3.8, 4) is 0 Å². The molecule has 0 aromatic heterocycles. The second kappa shape index (κ2) is 8.95. The Balaban J connectivity index is 1.68. The molecule has 1 aliphatic heterocycles. The van der Waals surface area contributed by atoms with Crippen LogP contribution in [0, 0.1) is 13.8 Å². The molecule has 2 aromatic rings. The van der Waals surface area contributed by atoms with Crippen LogP contribution in [0.4, 0.5) is 5.69 Å². The molecule has 0 saturated carbocycles. The molecule has 156 valence electrons. The normalized spacial score (nSPS) is 14.8. The highest BCUT2D eigenvalue weighted by molar-refractivity contribution is 5.95. The summed E-state index contributed by atoms with van der Waals surface area (Å²) < 4.78 is 0. The zero-order valence-electron chi connectivity index (χ0n) is 17.8. The zero-order chi connectivity index (χ0) is 21.8. The van der Waals surface area contributed by atoms with Crippen molar-refractivity contribution in [3.63, 3.8) is 0 Å². The van der Waals surface area contributed by atoms with Crippen LogP contribution in [-0.2, 0) is 14.4 Å². The largest absolute Gasteiger partial charge is 0.336 e. The van der Waals surface area contributed by atoms with Crippen LogP contribution in [0.1, 0.15) is 41.6 Å². The first-order chi connectivity index (χ1) is 14.3. The Morgan fingerprint density at radius 2 is 1.83 bits per heavy atom. The molecule has 30 heavy (non-hydrogen) atoms. The molecule has 0 aliphatic carbocycles. The Kier molecular flexibility index (Phi) is 6.35. The fraction of sp³-hybridized carbons (Fsp3) is 0.292. The first-order valence-corrected chi connectivity index (χ1v) is 9.93. The van der Waals surface area contributed by atoms with Crippen LogP contribution < -0.4 is 5.32 Å². The summed E-state index contributed by atoms with van der Waals surface area (Å²) in [6, 6.07) is 13.2. The number of carbonyl (C=O) groups excluding carboxylic acids is 3. The fourth-order valence-electron chi connectivity index (χ4n) is 3.60. The predicted molar refractivity (Wildman–Crippen MR) is 118 cm³/mol. The van der Waals surface area contributed by atoms with Gasteiger partial charge in [0.2, 0.25) is 17.7 Å². The molecule has 3 rings (SSSR count). The minimum Gasteiger partial charge on any atom is -0.336 e. The maximum atomic E-state index is 12.9. The highest BCUT2D eigenvalue weighted by Crippen LogP contribution is 2.33. The molecular weight excluding hydrogens is 378 g/mol. The molecule has 3 amide bonds. The topological polar surface area (TPSA) is 69.7 Å². The summed E-state index contributed by atoms with van der Waals surface area (Å²) in [7, 11) is 1.60. The van der Waals surface area contributed by atoms with Crippen molar-refractivity contribution in [2.75, 3.05) is 18.9 Å². The quantitative estimate of drug-likeness (QED) is 0.825. The van der Waals surface area contributed by atoms with Crippen LogP contribution in [0.25, 0.3) is 6.08 Å². The smallest absolute Gasteiger partial charge is 0.243 e. The van der Waals surface area contributed by atoms with E-state index in [-0.39, 0.29) is 36.7 Å². The van der Waals surface area contributed by atoms with Crippen molar-refractivity contribution >= 4 is 29.5 Å². The summed E-state index contributed by atoms with van der Waals surface area (Å²) >= 11 is 0. The number of likely N-dealkylation sites (N-methyl/N-ethyl adjacent to an activating group) is 1. The minimum atomic E-state index is -0.388. The molecule has 0 radical (unpaired) electrons.